The molecule has 0 radical (unpaired) electrons. The smallest absolute Gasteiger partial charge is 0.343 e. The summed E-state index contributed by atoms with van der Waals surface area (Å²) in [5, 5.41) is 3.32. The summed E-state index contributed by atoms with van der Waals surface area (Å²) in [6, 6.07) is 13.4. The van der Waals surface area contributed by atoms with E-state index in [4.69, 9.17) is 14.2 Å². The Labute approximate surface area is 221 Å². The molecule has 38 heavy (non-hydrogen) atoms. The largest absolute Gasteiger partial charge is 0.496 e. The van der Waals surface area contributed by atoms with Crippen LogP contribution in [0.5, 0.6) is 17.2 Å². The Morgan fingerprint density at radius 3 is 2.45 bits per heavy atom. The summed E-state index contributed by atoms with van der Waals surface area (Å²) in [4.78, 5) is 26.3. The summed E-state index contributed by atoms with van der Waals surface area (Å²) in [6.07, 6.45) is 0. The topological polar surface area (TPSA) is 86.3 Å². The fraction of sp³-hybridized carbons (Fsp3) is 0.310. The van der Waals surface area contributed by atoms with Crippen LogP contribution in [0.2, 0.25) is 0 Å². The van der Waals surface area contributed by atoms with Crippen molar-refractivity contribution >= 4 is 23.3 Å². The number of hydrogen-bond acceptors (Lipinski definition) is 7. The lowest BCUT2D eigenvalue weighted by Crippen LogP contribution is -2.52. The number of anilines is 2. The predicted octanol–water partition coefficient (Wildman–Crippen LogP) is 5.11. The molecule has 0 aromatic heterocycles. The van der Waals surface area contributed by atoms with Gasteiger partial charge in [0.2, 0.25) is 0 Å². The average Bonchev–Trinajstić information content (AvgIpc) is 2.90. The number of rotatable bonds is 8. The van der Waals surface area contributed by atoms with Crippen LogP contribution in [0.3, 0.4) is 0 Å². The lowest BCUT2D eigenvalue weighted by Gasteiger charge is -2.39. The van der Waals surface area contributed by atoms with Crippen LogP contribution >= 0.6 is 0 Å². The van der Waals surface area contributed by atoms with Gasteiger partial charge in [-0.05, 0) is 56.2 Å². The quantitative estimate of drug-likeness (QED) is 0.412. The van der Waals surface area contributed by atoms with Crippen molar-refractivity contribution in [2.45, 2.75) is 32.9 Å². The highest BCUT2D eigenvalue weighted by molar-refractivity contribution is 6.08. The van der Waals surface area contributed by atoms with Crippen molar-refractivity contribution in [3.8, 4) is 28.4 Å². The molecule has 3 aromatic carbocycles. The summed E-state index contributed by atoms with van der Waals surface area (Å²) < 4.78 is 35.9. The molecule has 4 rings (SSSR count). The molecule has 0 atom stereocenters. The van der Waals surface area contributed by atoms with Gasteiger partial charge in [-0.25, -0.2) is 9.18 Å². The van der Waals surface area contributed by atoms with E-state index < -0.39 is 17.3 Å². The summed E-state index contributed by atoms with van der Waals surface area (Å²) >= 11 is 0. The minimum absolute atomic E-state index is 0.0618. The van der Waals surface area contributed by atoms with E-state index >= 15 is 0 Å². The van der Waals surface area contributed by atoms with Crippen LogP contribution in [-0.4, -0.2) is 45.3 Å². The van der Waals surface area contributed by atoms with Crippen LogP contribution in [0.4, 0.5) is 15.8 Å². The Hall–Kier alpha value is -4.27. The Kier molecular flexibility index (Phi) is 7.48. The molecule has 1 amide bonds. The van der Waals surface area contributed by atoms with Gasteiger partial charge in [0, 0.05) is 30.3 Å². The molecule has 1 heterocycles. The molecule has 9 heteroatoms. The van der Waals surface area contributed by atoms with E-state index in [1.165, 1.54) is 26.4 Å². The normalized spacial score (nSPS) is 13.9. The second-order valence-electron chi connectivity index (χ2n) is 9.53. The molecule has 0 saturated carbocycles. The van der Waals surface area contributed by atoms with E-state index in [1.54, 1.807) is 30.1 Å². The molecule has 0 fully saturated rings. The third-order valence-corrected chi connectivity index (χ3v) is 6.47. The Morgan fingerprint density at radius 1 is 1.00 bits per heavy atom. The molecule has 0 aliphatic carbocycles. The highest BCUT2D eigenvalue weighted by Gasteiger charge is 2.38. The van der Waals surface area contributed by atoms with Gasteiger partial charge in [0.05, 0.1) is 25.6 Å². The first-order chi connectivity index (χ1) is 18.1. The lowest BCUT2D eigenvalue weighted by molar-refractivity contribution is -0.142. The number of halogens is 1. The SMILES string of the molecule is COC(=O)COc1ccc(-c2ccc3c(c2COc2cc(F)ccc2C)N(C)C(=O)C(C)(C)N3)c(OC)c1. The maximum Gasteiger partial charge on any atom is 0.343 e. The first-order valence-electron chi connectivity index (χ1n) is 12.0. The van der Waals surface area contributed by atoms with Crippen LogP contribution in [0, 0.1) is 12.7 Å². The van der Waals surface area contributed by atoms with Crippen molar-refractivity contribution in [1.82, 2.24) is 0 Å². The standard InChI is InChI=1S/C29H31FN2O6/c1-17-7-8-18(30)13-24(17)38-15-22-20(11-12-23-27(22)32(4)28(34)29(2,3)31-23)21-10-9-19(14-25(21)35-5)37-16-26(33)36-6/h7-14,31H,15-16H2,1-6H3. The number of methoxy groups -OCH3 is 2. The van der Waals surface area contributed by atoms with Gasteiger partial charge in [-0.3, -0.25) is 4.79 Å². The minimum atomic E-state index is -0.795. The van der Waals surface area contributed by atoms with Gasteiger partial charge in [-0.1, -0.05) is 12.1 Å². The number of likely N-dealkylation sites (N-methyl/N-ethyl adjacent to an activating group) is 1. The molecule has 3 aromatic rings. The molecule has 0 spiro atoms. The molecule has 0 unspecified atom stereocenters. The van der Waals surface area contributed by atoms with Crippen molar-refractivity contribution in [2.75, 3.05) is 38.1 Å². The molecule has 1 aliphatic heterocycles. The fourth-order valence-corrected chi connectivity index (χ4v) is 4.49. The molecule has 1 N–H and O–H groups in total. The van der Waals surface area contributed by atoms with E-state index in [-0.39, 0.29) is 19.1 Å². The predicted molar refractivity (Wildman–Crippen MR) is 143 cm³/mol. The van der Waals surface area contributed by atoms with Crippen molar-refractivity contribution in [3.63, 3.8) is 0 Å². The molecule has 1 aliphatic rings. The monoisotopic (exact) mass is 522 g/mol. The van der Waals surface area contributed by atoms with Gasteiger partial charge in [0.1, 0.15) is 35.2 Å². The summed E-state index contributed by atoms with van der Waals surface area (Å²) in [5.74, 6) is 0.319. The number of ether oxygens (including phenoxy) is 4. The summed E-state index contributed by atoms with van der Waals surface area (Å²) in [5.41, 5.74) is 3.62. The van der Waals surface area contributed by atoms with Gasteiger partial charge in [0.25, 0.3) is 5.91 Å². The number of benzene rings is 3. The molecular formula is C29H31FN2O6. The maximum absolute atomic E-state index is 14.0. The first kappa shape index (κ1) is 26.8. The molecule has 0 bridgehead atoms. The van der Waals surface area contributed by atoms with Crippen LogP contribution < -0.4 is 24.4 Å². The van der Waals surface area contributed by atoms with E-state index in [0.29, 0.717) is 28.5 Å². The number of nitrogens with one attached hydrogen (secondary N) is 1. The molecule has 200 valence electrons. The van der Waals surface area contributed by atoms with Gasteiger partial charge < -0.3 is 29.2 Å². The number of hydrogen-bond donors (Lipinski definition) is 1. The van der Waals surface area contributed by atoms with Crippen LogP contribution in [0.25, 0.3) is 11.1 Å². The third-order valence-electron chi connectivity index (χ3n) is 6.47. The zero-order valence-electron chi connectivity index (χ0n) is 22.3. The van der Waals surface area contributed by atoms with Gasteiger partial charge in [0.15, 0.2) is 6.61 Å². The van der Waals surface area contributed by atoms with E-state index in [2.05, 4.69) is 10.1 Å². The number of esters is 1. The van der Waals surface area contributed by atoms with E-state index in [1.807, 2.05) is 39.0 Å². The highest BCUT2D eigenvalue weighted by Crippen LogP contribution is 2.45. The van der Waals surface area contributed by atoms with Gasteiger partial charge in [-0.15, -0.1) is 0 Å². The van der Waals surface area contributed by atoms with E-state index in [9.17, 15) is 14.0 Å². The Balaban J connectivity index is 1.82. The highest BCUT2D eigenvalue weighted by atomic mass is 19.1. The molecule has 8 nitrogen and oxygen atoms in total. The minimum Gasteiger partial charge on any atom is -0.496 e. The second kappa shape index (κ2) is 10.6. The number of amides is 1. The third kappa shape index (κ3) is 5.22. The molecular weight excluding hydrogens is 491 g/mol. The van der Waals surface area contributed by atoms with Crippen molar-refractivity contribution < 1.29 is 32.9 Å². The van der Waals surface area contributed by atoms with Crippen LogP contribution in [0.15, 0.2) is 48.5 Å². The number of carbonyl (C=O) groups excluding carboxylic acids is 2. The molecule has 0 saturated heterocycles. The number of carbonyl (C=O) groups is 2. The Morgan fingerprint density at radius 2 is 1.74 bits per heavy atom. The number of nitrogens with zero attached hydrogens (tertiary/aromatic N) is 1. The summed E-state index contributed by atoms with van der Waals surface area (Å²) in [7, 11) is 4.55. The van der Waals surface area contributed by atoms with E-state index in [0.717, 1.165) is 22.4 Å². The zero-order chi connectivity index (χ0) is 27.6. The summed E-state index contributed by atoms with van der Waals surface area (Å²) in [6.45, 7) is 5.31. The Bertz CT molecular complexity index is 1390. The van der Waals surface area contributed by atoms with Crippen molar-refractivity contribution in [1.29, 1.82) is 0 Å². The van der Waals surface area contributed by atoms with Crippen LogP contribution in [0.1, 0.15) is 25.0 Å². The number of aryl methyl sites for hydroxylation is 1. The first-order valence-corrected chi connectivity index (χ1v) is 12.0. The van der Waals surface area contributed by atoms with Crippen molar-refractivity contribution in [3.05, 3.63) is 65.5 Å². The zero-order valence-corrected chi connectivity index (χ0v) is 22.3. The van der Waals surface area contributed by atoms with Crippen LogP contribution in [-0.2, 0) is 20.9 Å². The average molecular weight is 523 g/mol. The van der Waals surface area contributed by atoms with Crippen molar-refractivity contribution in [2.24, 2.45) is 0 Å². The fourth-order valence-electron chi connectivity index (χ4n) is 4.49. The van der Waals surface area contributed by atoms with Gasteiger partial charge >= 0.3 is 5.97 Å². The van der Waals surface area contributed by atoms with Gasteiger partial charge in [-0.2, -0.15) is 0 Å². The number of fused-ring (bicyclic) bond motifs is 1. The lowest BCUT2D eigenvalue weighted by atomic mass is 9.91. The maximum atomic E-state index is 14.0. The second-order valence-corrected chi connectivity index (χ2v) is 9.53.